The Labute approximate surface area is 151 Å². The number of carbonyl (C=O) groups excluding carboxylic acids is 1. The van der Waals surface area contributed by atoms with Crippen molar-refractivity contribution in [1.82, 2.24) is 25.1 Å². The molecule has 26 heavy (non-hydrogen) atoms. The van der Waals surface area contributed by atoms with E-state index in [1.54, 1.807) is 12.3 Å². The van der Waals surface area contributed by atoms with Gasteiger partial charge in [-0.1, -0.05) is 0 Å². The summed E-state index contributed by atoms with van der Waals surface area (Å²) in [5.41, 5.74) is 3.83. The summed E-state index contributed by atoms with van der Waals surface area (Å²) < 4.78 is 0. The molecule has 3 aromatic heterocycles. The Morgan fingerprint density at radius 3 is 2.65 bits per heavy atom. The van der Waals surface area contributed by atoms with Gasteiger partial charge in [-0.15, -0.1) is 0 Å². The summed E-state index contributed by atoms with van der Waals surface area (Å²) >= 11 is 0. The maximum atomic E-state index is 12.4. The summed E-state index contributed by atoms with van der Waals surface area (Å²) in [5.74, 6) is 1.13. The number of aromatic nitrogens is 4. The van der Waals surface area contributed by atoms with E-state index in [1.165, 1.54) is 18.4 Å². The third kappa shape index (κ3) is 2.85. The van der Waals surface area contributed by atoms with Crippen LogP contribution in [-0.4, -0.2) is 44.1 Å². The highest BCUT2D eigenvalue weighted by molar-refractivity contribution is 5.92. The first-order chi connectivity index (χ1) is 12.8. The molecule has 2 fully saturated rings. The van der Waals surface area contributed by atoms with Crippen LogP contribution in [0.25, 0.3) is 11.0 Å². The van der Waals surface area contributed by atoms with Crippen molar-refractivity contribution in [3.8, 4) is 0 Å². The molecule has 6 nitrogen and oxygen atoms in total. The molecule has 1 aliphatic carbocycles. The molecule has 0 aromatic carbocycles. The summed E-state index contributed by atoms with van der Waals surface area (Å²) in [7, 11) is 0. The zero-order chi connectivity index (χ0) is 17.5. The number of likely N-dealkylation sites (tertiary alicyclic amines) is 1. The molecule has 6 heteroatoms. The first-order valence-corrected chi connectivity index (χ1v) is 9.33. The lowest BCUT2D eigenvalue weighted by atomic mass is 9.92. The van der Waals surface area contributed by atoms with Gasteiger partial charge in [-0.25, -0.2) is 9.97 Å². The van der Waals surface area contributed by atoms with Gasteiger partial charge in [-0.2, -0.15) is 5.10 Å². The molecule has 2 aliphatic rings. The molecular weight excluding hydrogens is 326 g/mol. The molecule has 3 aromatic rings. The Morgan fingerprint density at radius 1 is 1.08 bits per heavy atom. The summed E-state index contributed by atoms with van der Waals surface area (Å²) in [5, 5.41) is 7.74. The van der Waals surface area contributed by atoms with Gasteiger partial charge in [0.15, 0.2) is 5.65 Å². The standard InChI is InChI=1S/C20H21N5O/c26-20(18-5-8-22-24-18)25-9-6-14(7-10-25)17-4-3-15-11-16(13-1-2-13)12-21-19(15)23-17/h3-5,8,11-14H,1-2,6-7,9-10H2,(H,22,24). The van der Waals surface area contributed by atoms with Gasteiger partial charge in [-0.05, 0) is 61.4 Å². The van der Waals surface area contributed by atoms with Gasteiger partial charge in [-0.3, -0.25) is 9.89 Å². The molecule has 5 rings (SSSR count). The maximum absolute atomic E-state index is 12.4. The van der Waals surface area contributed by atoms with Crippen LogP contribution >= 0.6 is 0 Å². The van der Waals surface area contributed by atoms with Crippen molar-refractivity contribution in [2.75, 3.05) is 13.1 Å². The van der Waals surface area contributed by atoms with E-state index in [-0.39, 0.29) is 5.91 Å². The van der Waals surface area contributed by atoms with E-state index in [1.807, 2.05) is 11.1 Å². The number of hydrogen-bond donors (Lipinski definition) is 1. The van der Waals surface area contributed by atoms with Gasteiger partial charge >= 0.3 is 0 Å². The van der Waals surface area contributed by atoms with Gasteiger partial charge < -0.3 is 4.90 Å². The zero-order valence-electron chi connectivity index (χ0n) is 14.6. The molecule has 0 radical (unpaired) electrons. The normalized spacial score (nSPS) is 18.4. The maximum Gasteiger partial charge on any atom is 0.271 e. The monoisotopic (exact) mass is 347 g/mol. The van der Waals surface area contributed by atoms with Gasteiger partial charge in [0, 0.05) is 42.5 Å². The Balaban J connectivity index is 1.30. The van der Waals surface area contributed by atoms with Crippen molar-refractivity contribution in [3.05, 3.63) is 53.6 Å². The van der Waals surface area contributed by atoms with E-state index in [2.05, 4.69) is 33.4 Å². The SMILES string of the molecule is O=C(c1ccn[nH]1)N1CCC(c2ccc3cc(C4CC4)cnc3n2)CC1. The van der Waals surface area contributed by atoms with Crippen LogP contribution in [0.5, 0.6) is 0 Å². The van der Waals surface area contributed by atoms with Crippen LogP contribution in [0.2, 0.25) is 0 Å². The first-order valence-electron chi connectivity index (χ1n) is 9.33. The fourth-order valence-electron chi connectivity index (χ4n) is 3.83. The van der Waals surface area contributed by atoms with Crippen molar-refractivity contribution >= 4 is 16.9 Å². The third-order valence-electron chi connectivity index (χ3n) is 5.57. The summed E-state index contributed by atoms with van der Waals surface area (Å²) in [6, 6.07) is 8.25. The van der Waals surface area contributed by atoms with Crippen LogP contribution in [0.4, 0.5) is 0 Å². The second-order valence-corrected chi connectivity index (χ2v) is 7.36. The lowest BCUT2D eigenvalue weighted by Gasteiger charge is -2.31. The first kappa shape index (κ1) is 15.5. The van der Waals surface area contributed by atoms with Crippen LogP contribution in [-0.2, 0) is 0 Å². The number of pyridine rings is 2. The van der Waals surface area contributed by atoms with Gasteiger partial charge in [0.25, 0.3) is 5.91 Å². The van der Waals surface area contributed by atoms with Crippen LogP contribution in [0, 0.1) is 0 Å². The molecular formula is C20H21N5O. The summed E-state index contributed by atoms with van der Waals surface area (Å²) in [4.78, 5) is 23.7. The molecule has 4 heterocycles. The summed E-state index contributed by atoms with van der Waals surface area (Å²) in [6.45, 7) is 1.49. The minimum absolute atomic E-state index is 0.0293. The summed E-state index contributed by atoms with van der Waals surface area (Å²) in [6.07, 6.45) is 8.03. The van der Waals surface area contributed by atoms with Gasteiger partial charge in [0.2, 0.25) is 0 Å². The van der Waals surface area contributed by atoms with E-state index in [0.717, 1.165) is 42.7 Å². The van der Waals surface area contributed by atoms with E-state index in [4.69, 9.17) is 4.98 Å². The lowest BCUT2D eigenvalue weighted by Crippen LogP contribution is -2.38. The molecule has 1 saturated heterocycles. The molecule has 0 atom stereocenters. The Morgan fingerprint density at radius 2 is 1.92 bits per heavy atom. The number of aromatic amines is 1. The van der Waals surface area contributed by atoms with Crippen molar-refractivity contribution in [1.29, 1.82) is 0 Å². The van der Waals surface area contributed by atoms with Crippen molar-refractivity contribution in [3.63, 3.8) is 0 Å². The van der Waals surface area contributed by atoms with E-state index in [9.17, 15) is 4.79 Å². The molecule has 0 spiro atoms. The Bertz CT molecular complexity index is 940. The largest absolute Gasteiger partial charge is 0.337 e. The zero-order valence-corrected chi connectivity index (χ0v) is 14.6. The second-order valence-electron chi connectivity index (χ2n) is 7.36. The highest BCUT2D eigenvalue weighted by atomic mass is 16.2. The average Bonchev–Trinajstić information content (AvgIpc) is 3.41. The number of nitrogens with one attached hydrogen (secondary N) is 1. The number of rotatable bonds is 3. The van der Waals surface area contributed by atoms with Gasteiger partial charge in [0.1, 0.15) is 5.69 Å². The van der Waals surface area contributed by atoms with Gasteiger partial charge in [0.05, 0.1) is 0 Å². The van der Waals surface area contributed by atoms with Crippen LogP contribution in [0.1, 0.15) is 59.3 Å². The third-order valence-corrected chi connectivity index (χ3v) is 5.57. The van der Waals surface area contributed by atoms with E-state index < -0.39 is 0 Å². The number of carbonyl (C=O) groups is 1. The van der Waals surface area contributed by atoms with Crippen LogP contribution < -0.4 is 0 Å². The number of hydrogen-bond acceptors (Lipinski definition) is 4. The van der Waals surface area contributed by atoms with Crippen molar-refractivity contribution < 1.29 is 4.79 Å². The highest BCUT2D eigenvalue weighted by Crippen LogP contribution is 2.40. The quantitative estimate of drug-likeness (QED) is 0.789. The molecule has 1 amide bonds. The molecule has 1 saturated carbocycles. The minimum atomic E-state index is 0.0293. The smallest absolute Gasteiger partial charge is 0.271 e. The molecule has 1 N–H and O–H groups in total. The van der Waals surface area contributed by atoms with Crippen LogP contribution in [0.15, 0.2) is 36.7 Å². The average molecular weight is 347 g/mol. The fraction of sp³-hybridized carbons (Fsp3) is 0.400. The highest BCUT2D eigenvalue weighted by Gasteiger charge is 2.27. The number of H-pyrrole nitrogens is 1. The fourth-order valence-corrected chi connectivity index (χ4v) is 3.83. The van der Waals surface area contributed by atoms with Crippen molar-refractivity contribution in [2.24, 2.45) is 0 Å². The number of fused-ring (bicyclic) bond motifs is 1. The molecule has 0 unspecified atom stereocenters. The van der Waals surface area contributed by atoms with Crippen molar-refractivity contribution in [2.45, 2.75) is 37.5 Å². The minimum Gasteiger partial charge on any atom is -0.337 e. The lowest BCUT2D eigenvalue weighted by molar-refractivity contribution is 0.0706. The molecule has 0 bridgehead atoms. The van der Waals surface area contributed by atoms with Crippen LogP contribution in [0.3, 0.4) is 0 Å². The Kier molecular flexibility index (Phi) is 3.69. The molecule has 1 aliphatic heterocycles. The number of nitrogens with zero attached hydrogens (tertiary/aromatic N) is 4. The second kappa shape index (κ2) is 6.20. The predicted octanol–water partition coefficient (Wildman–Crippen LogP) is 3.25. The molecule has 132 valence electrons. The van der Waals surface area contributed by atoms with E-state index >= 15 is 0 Å². The van der Waals surface area contributed by atoms with E-state index in [0.29, 0.717) is 17.5 Å². The predicted molar refractivity (Wildman–Crippen MR) is 98.0 cm³/mol. The number of piperidine rings is 1. The Hall–Kier alpha value is -2.76. The topological polar surface area (TPSA) is 74.8 Å². The number of amides is 1.